The maximum atomic E-state index is 5.92. The monoisotopic (exact) mass is 164 g/mol. The third-order valence-electron chi connectivity index (χ3n) is 1.84. The zero-order chi connectivity index (χ0) is 8.81. The summed E-state index contributed by atoms with van der Waals surface area (Å²) in [5, 5.41) is 3.22. The number of benzene rings is 1. The van der Waals surface area contributed by atoms with Crippen LogP contribution < -0.4 is 11.1 Å². The minimum absolute atomic E-state index is 0.117. The predicted octanol–water partition coefficient (Wildman–Crippen LogP) is 1.30. The van der Waals surface area contributed by atoms with Crippen LogP contribution in [-0.2, 0) is 0 Å². The van der Waals surface area contributed by atoms with Crippen molar-refractivity contribution in [1.29, 1.82) is 0 Å². The number of nitrogens with two attached hydrogens (primary N) is 1. The van der Waals surface area contributed by atoms with Gasteiger partial charge in [-0.1, -0.05) is 37.3 Å². The second kappa shape index (κ2) is 4.91. The fourth-order valence-electron chi connectivity index (χ4n) is 1.12. The Morgan fingerprint density at radius 3 is 2.58 bits per heavy atom. The van der Waals surface area contributed by atoms with E-state index in [2.05, 4.69) is 24.4 Å². The van der Waals surface area contributed by atoms with Gasteiger partial charge < -0.3 is 11.1 Å². The largest absolute Gasteiger partial charge is 0.323 e. The molecule has 0 heterocycles. The molecule has 1 rings (SSSR count). The van der Waals surface area contributed by atoms with Crippen LogP contribution in [0.5, 0.6) is 0 Å². The van der Waals surface area contributed by atoms with Crippen LogP contribution in [-0.4, -0.2) is 13.1 Å². The highest BCUT2D eigenvalue weighted by Crippen LogP contribution is 2.07. The minimum atomic E-state index is 0.117. The molecule has 12 heavy (non-hydrogen) atoms. The van der Waals surface area contributed by atoms with Crippen molar-refractivity contribution >= 4 is 0 Å². The van der Waals surface area contributed by atoms with E-state index in [1.807, 2.05) is 18.2 Å². The normalized spacial score (nSPS) is 12.8. The molecule has 1 aromatic carbocycles. The van der Waals surface area contributed by atoms with E-state index < -0.39 is 0 Å². The van der Waals surface area contributed by atoms with Gasteiger partial charge in [-0.3, -0.25) is 0 Å². The molecule has 0 saturated heterocycles. The first-order valence-electron chi connectivity index (χ1n) is 4.36. The molecular weight excluding hydrogens is 148 g/mol. The Balaban J connectivity index is 2.48. The van der Waals surface area contributed by atoms with E-state index in [4.69, 9.17) is 5.73 Å². The van der Waals surface area contributed by atoms with Crippen molar-refractivity contribution in [2.75, 3.05) is 13.1 Å². The maximum absolute atomic E-state index is 5.92. The van der Waals surface area contributed by atoms with Crippen molar-refractivity contribution in [3.8, 4) is 0 Å². The summed E-state index contributed by atoms with van der Waals surface area (Å²) in [5.74, 6) is 0. The smallest absolute Gasteiger partial charge is 0.0421 e. The van der Waals surface area contributed by atoms with Gasteiger partial charge in [-0.25, -0.2) is 0 Å². The molecule has 2 heteroatoms. The Morgan fingerprint density at radius 1 is 1.33 bits per heavy atom. The van der Waals surface area contributed by atoms with Gasteiger partial charge in [0.15, 0.2) is 0 Å². The van der Waals surface area contributed by atoms with Crippen molar-refractivity contribution in [2.45, 2.75) is 13.0 Å². The van der Waals surface area contributed by atoms with E-state index in [0.29, 0.717) is 0 Å². The van der Waals surface area contributed by atoms with Crippen molar-refractivity contribution < 1.29 is 0 Å². The van der Waals surface area contributed by atoms with Gasteiger partial charge in [-0.2, -0.15) is 0 Å². The Morgan fingerprint density at radius 2 is 2.00 bits per heavy atom. The summed E-state index contributed by atoms with van der Waals surface area (Å²) in [7, 11) is 0. The molecule has 0 amide bonds. The van der Waals surface area contributed by atoms with Crippen LogP contribution in [0.4, 0.5) is 0 Å². The average molecular weight is 164 g/mol. The molecule has 66 valence electrons. The lowest BCUT2D eigenvalue weighted by molar-refractivity contribution is 0.616. The molecule has 3 N–H and O–H groups in total. The second-order valence-electron chi connectivity index (χ2n) is 2.82. The van der Waals surface area contributed by atoms with E-state index in [9.17, 15) is 0 Å². The van der Waals surface area contributed by atoms with Gasteiger partial charge in [0, 0.05) is 12.6 Å². The number of hydrogen-bond donors (Lipinski definition) is 2. The van der Waals surface area contributed by atoms with E-state index in [1.54, 1.807) is 0 Å². The van der Waals surface area contributed by atoms with Gasteiger partial charge in [-0.05, 0) is 12.1 Å². The number of rotatable bonds is 4. The van der Waals surface area contributed by atoms with Crippen LogP contribution >= 0.6 is 0 Å². The molecule has 0 aliphatic heterocycles. The minimum Gasteiger partial charge on any atom is -0.323 e. The summed E-state index contributed by atoms with van der Waals surface area (Å²) >= 11 is 0. The van der Waals surface area contributed by atoms with Crippen molar-refractivity contribution in [2.24, 2.45) is 5.73 Å². The molecular formula is C10H16N2. The van der Waals surface area contributed by atoms with Gasteiger partial charge in [0.1, 0.15) is 0 Å². The van der Waals surface area contributed by atoms with Crippen LogP contribution in [0.1, 0.15) is 18.5 Å². The molecule has 0 aliphatic rings. The van der Waals surface area contributed by atoms with Crippen LogP contribution in [0.2, 0.25) is 0 Å². The SMILES string of the molecule is CCNCC(N)c1ccccc1. The van der Waals surface area contributed by atoms with Crippen molar-refractivity contribution in [1.82, 2.24) is 5.32 Å². The first-order chi connectivity index (χ1) is 5.84. The lowest BCUT2D eigenvalue weighted by Crippen LogP contribution is -2.26. The van der Waals surface area contributed by atoms with Crippen LogP contribution in [0.15, 0.2) is 30.3 Å². The van der Waals surface area contributed by atoms with E-state index >= 15 is 0 Å². The molecule has 0 saturated carbocycles. The highest BCUT2D eigenvalue weighted by atomic mass is 14.9. The zero-order valence-electron chi connectivity index (χ0n) is 7.46. The lowest BCUT2D eigenvalue weighted by Gasteiger charge is -2.11. The van der Waals surface area contributed by atoms with Gasteiger partial charge in [0.25, 0.3) is 0 Å². The van der Waals surface area contributed by atoms with Crippen molar-refractivity contribution in [3.63, 3.8) is 0 Å². The summed E-state index contributed by atoms with van der Waals surface area (Å²) in [5.41, 5.74) is 7.11. The first-order valence-corrected chi connectivity index (χ1v) is 4.36. The lowest BCUT2D eigenvalue weighted by atomic mass is 10.1. The third-order valence-corrected chi connectivity index (χ3v) is 1.84. The molecule has 0 spiro atoms. The molecule has 0 radical (unpaired) electrons. The van der Waals surface area contributed by atoms with Gasteiger partial charge in [0.05, 0.1) is 0 Å². The molecule has 1 unspecified atom stereocenters. The summed E-state index contributed by atoms with van der Waals surface area (Å²) in [6.07, 6.45) is 0. The fraction of sp³-hybridized carbons (Fsp3) is 0.400. The first kappa shape index (κ1) is 9.23. The highest BCUT2D eigenvalue weighted by Gasteiger charge is 2.02. The molecule has 0 aromatic heterocycles. The average Bonchev–Trinajstić information content (AvgIpc) is 2.15. The van der Waals surface area contributed by atoms with E-state index in [-0.39, 0.29) is 6.04 Å². The Bertz CT molecular complexity index is 208. The van der Waals surface area contributed by atoms with Crippen LogP contribution in [0.25, 0.3) is 0 Å². The summed E-state index contributed by atoms with van der Waals surface area (Å²) in [6.45, 7) is 3.90. The topological polar surface area (TPSA) is 38.0 Å². The predicted molar refractivity (Wildman–Crippen MR) is 51.9 cm³/mol. The van der Waals surface area contributed by atoms with Gasteiger partial charge >= 0.3 is 0 Å². The molecule has 1 atom stereocenters. The summed E-state index contributed by atoms with van der Waals surface area (Å²) in [4.78, 5) is 0. The van der Waals surface area contributed by atoms with Crippen LogP contribution in [0.3, 0.4) is 0 Å². The Labute approximate surface area is 73.8 Å². The third kappa shape index (κ3) is 2.64. The summed E-state index contributed by atoms with van der Waals surface area (Å²) in [6, 6.07) is 10.3. The Hall–Kier alpha value is -0.860. The second-order valence-corrected chi connectivity index (χ2v) is 2.82. The van der Waals surface area contributed by atoms with E-state index in [1.165, 1.54) is 5.56 Å². The molecule has 0 bridgehead atoms. The molecule has 0 aliphatic carbocycles. The standard InChI is InChI=1S/C10H16N2/c1-2-12-8-10(11)9-6-4-3-5-7-9/h3-7,10,12H,2,8,11H2,1H3. The number of likely N-dealkylation sites (N-methyl/N-ethyl adjacent to an activating group) is 1. The summed E-state index contributed by atoms with van der Waals surface area (Å²) < 4.78 is 0. The quantitative estimate of drug-likeness (QED) is 0.704. The fourth-order valence-corrected chi connectivity index (χ4v) is 1.12. The molecule has 1 aromatic rings. The van der Waals surface area contributed by atoms with Gasteiger partial charge in [-0.15, -0.1) is 0 Å². The van der Waals surface area contributed by atoms with Crippen LogP contribution in [0, 0.1) is 0 Å². The number of hydrogen-bond acceptors (Lipinski definition) is 2. The maximum Gasteiger partial charge on any atom is 0.0421 e. The number of nitrogens with one attached hydrogen (secondary N) is 1. The van der Waals surface area contributed by atoms with Gasteiger partial charge in [0.2, 0.25) is 0 Å². The Kier molecular flexibility index (Phi) is 3.77. The molecule has 2 nitrogen and oxygen atoms in total. The van der Waals surface area contributed by atoms with E-state index in [0.717, 1.165) is 13.1 Å². The van der Waals surface area contributed by atoms with Crippen molar-refractivity contribution in [3.05, 3.63) is 35.9 Å². The zero-order valence-corrected chi connectivity index (χ0v) is 7.46. The molecule has 0 fully saturated rings. The highest BCUT2D eigenvalue weighted by molar-refractivity contribution is 5.18.